The minimum absolute atomic E-state index is 0.225. The van der Waals surface area contributed by atoms with Crippen LogP contribution in [0.5, 0.6) is 0 Å². The Kier molecular flexibility index (Phi) is 3.24. The van der Waals surface area contributed by atoms with Gasteiger partial charge in [0.1, 0.15) is 5.82 Å². The molecule has 1 aromatic carbocycles. The van der Waals surface area contributed by atoms with Crippen molar-refractivity contribution in [3.8, 4) is 0 Å². The molecule has 0 aliphatic heterocycles. The lowest BCUT2D eigenvalue weighted by atomic mass is 10.2. The van der Waals surface area contributed by atoms with Crippen LogP contribution in [0.3, 0.4) is 0 Å². The van der Waals surface area contributed by atoms with Crippen LogP contribution in [0.25, 0.3) is 0 Å². The number of carboxylic acids is 1. The Labute approximate surface area is 106 Å². The zero-order valence-electron chi connectivity index (χ0n) is 9.42. The number of halogens is 1. The molecular weight excluding hydrogens is 257 g/mol. The molecule has 0 fully saturated rings. The quantitative estimate of drug-likeness (QED) is 0.831. The predicted molar refractivity (Wildman–Crippen MR) is 65.1 cm³/mol. The first kappa shape index (κ1) is 12.4. The van der Waals surface area contributed by atoms with E-state index in [1.54, 1.807) is 24.1 Å². The maximum atomic E-state index is 13.5. The van der Waals surface area contributed by atoms with Crippen LogP contribution >= 0.6 is 11.8 Å². The van der Waals surface area contributed by atoms with Crippen LogP contribution in [0.1, 0.15) is 10.4 Å². The number of hydrogen-bond acceptors (Lipinski definition) is 4. The predicted octanol–water partition coefficient (Wildman–Crippen LogP) is 1.99. The summed E-state index contributed by atoms with van der Waals surface area (Å²) < 4.78 is 15.1. The van der Waals surface area contributed by atoms with E-state index in [4.69, 9.17) is 10.8 Å². The van der Waals surface area contributed by atoms with Gasteiger partial charge in [0.05, 0.1) is 16.7 Å². The van der Waals surface area contributed by atoms with Gasteiger partial charge in [-0.3, -0.25) is 4.68 Å². The maximum absolute atomic E-state index is 13.5. The van der Waals surface area contributed by atoms with Gasteiger partial charge >= 0.3 is 5.97 Å². The summed E-state index contributed by atoms with van der Waals surface area (Å²) in [6.07, 6.45) is 3.38. The molecule has 1 aromatic heterocycles. The summed E-state index contributed by atoms with van der Waals surface area (Å²) in [6.45, 7) is 0. The van der Waals surface area contributed by atoms with E-state index < -0.39 is 17.3 Å². The third-order valence-corrected chi connectivity index (χ3v) is 3.26. The number of carboxylic acid groups (broad SMARTS) is 1. The second-order valence-electron chi connectivity index (χ2n) is 3.63. The molecule has 18 heavy (non-hydrogen) atoms. The van der Waals surface area contributed by atoms with Crippen molar-refractivity contribution in [3.05, 3.63) is 35.9 Å². The SMILES string of the molecule is Cn1cc(Sc2cc(F)c(C(=O)O)cc2N)cn1. The van der Waals surface area contributed by atoms with E-state index in [1.807, 2.05) is 0 Å². The third kappa shape index (κ3) is 2.45. The van der Waals surface area contributed by atoms with Crippen molar-refractivity contribution in [2.75, 3.05) is 5.73 Å². The van der Waals surface area contributed by atoms with Gasteiger partial charge in [-0.15, -0.1) is 0 Å². The highest BCUT2D eigenvalue weighted by molar-refractivity contribution is 7.99. The summed E-state index contributed by atoms with van der Waals surface area (Å²) in [6, 6.07) is 2.24. The fraction of sp³-hybridized carbons (Fsp3) is 0.0909. The number of benzene rings is 1. The summed E-state index contributed by atoms with van der Waals surface area (Å²) in [7, 11) is 1.77. The van der Waals surface area contributed by atoms with E-state index in [0.29, 0.717) is 4.90 Å². The lowest BCUT2D eigenvalue weighted by Gasteiger charge is -2.06. The van der Waals surface area contributed by atoms with Crippen LogP contribution in [0.4, 0.5) is 10.1 Å². The number of aryl methyl sites for hydroxylation is 1. The fourth-order valence-electron chi connectivity index (χ4n) is 1.40. The molecule has 5 nitrogen and oxygen atoms in total. The molecule has 1 heterocycles. The Hall–Kier alpha value is -2.02. The Morgan fingerprint density at radius 1 is 1.56 bits per heavy atom. The largest absolute Gasteiger partial charge is 0.478 e. The highest BCUT2D eigenvalue weighted by Crippen LogP contribution is 2.33. The second-order valence-corrected chi connectivity index (χ2v) is 4.74. The second kappa shape index (κ2) is 4.69. The van der Waals surface area contributed by atoms with Crippen molar-refractivity contribution in [1.82, 2.24) is 9.78 Å². The van der Waals surface area contributed by atoms with E-state index in [1.165, 1.54) is 11.8 Å². The minimum Gasteiger partial charge on any atom is -0.478 e. The molecular formula is C11H10FN3O2S. The first-order valence-corrected chi connectivity index (χ1v) is 5.78. The Morgan fingerprint density at radius 3 is 2.83 bits per heavy atom. The number of nitrogens with zero attached hydrogens (tertiary/aromatic N) is 2. The number of aromatic nitrogens is 2. The average molecular weight is 267 g/mol. The summed E-state index contributed by atoms with van der Waals surface area (Å²) in [5.74, 6) is -2.14. The zero-order valence-corrected chi connectivity index (χ0v) is 10.2. The number of nitrogen functional groups attached to an aromatic ring is 1. The number of rotatable bonds is 3. The zero-order chi connectivity index (χ0) is 13.3. The lowest BCUT2D eigenvalue weighted by molar-refractivity contribution is 0.0692. The number of carbonyl (C=O) groups is 1. The molecule has 0 atom stereocenters. The number of nitrogens with two attached hydrogens (primary N) is 1. The van der Waals surface area contributed by atoms with Crippen LogP contribution in [0.2, 0.25) is 0 Å². The van der Waals surface area contributed by atoms with Crippen molar-refractivity contribution in [2.45, 2.75) is 9.79 Å². The molecule has 3 N–H and O–H groups in total. The maximum Gasteiger partial charge on any atom is 0.338 e. The fourth-order valence-corrected chi connectivity index (χ4v) is 2.30. The van der Waals surface area contributed by atoms with Gasteiger partial charge in [-0.25, -0.2) is 9.18 Å². The van der Waals surface area contributed by atoms with Gasteiger partial charge in [-0.1, -0.05) is 11.8 Å². The van der Waals surface area contributed by atoms with Crippen molar-refractivity contribution < 1.29 is 14.3 Å². The Bertz CT molecular complexity index is 612. The highest BCUT2D eigenvalue weighted by atomic mass is 32.2. The van der Waals surface area contributed by atoms with E-state index in [0.717, 1.165) is 17.0 Å². The smallest absolute Gasteiger partial charge is 0.338 e. The molecule has 0 aliphatic rings. The van der Waals surface area contributed by atoms with Crippen LogP contribution in [0, 0.1) is 5.82 Å². The van der Waals surface area contributed by atoms with Gasteiger partial charge in [-0.2, -0.15) is 5.10 Å². The average Bonchev–Trinajstić information content (AvgIpc) is 2.68. The van der Waals surface area contributed by atoms with Gasteiger partial charge in [0.25, 0.3) is 0 Å². The molecule has 0 aliphatic carbocycles. The molecule has 0 spiro atoms. The van der Waals surface area contributed by atoms with Crippen molar-refractivity contribution in [1.29, 1.82) is 0 Å². The first-order chi connectivity index (χ1) is 8.47. The van der Waals surface area contributed by atoms with Crippen LogP contribution in [-0.2, 0) is 7.05 Å². The highest BCUT2D eigenvalue weighted by Gasteiger charge is 2.14. The monoisotopic (exact) mass is 267 g/mol. The molecule has 0 amide bonds. The third-order valence-electron chi connectivity index (χ3n) is 2.24. The van der Waals surface area contributed by atoms with Gasteiger partial charge < -0.3 is 10.8 Å². The van der Waals surface area contributed by atoms with E-state index in [-0.39, 0.29) is 5.69 Å². The molecule has 2 rings (SSSR count). The van der Waals surface area contributed by atoms with E-state index >= 15 is 0 Å². The molecule has 0 bridgehead atoms. The molecule has 0 saturated heterocycles. The normalized spacial score (nSPS) is 10.6. The summed E-state index contributed by atoms with van der Waals surface area (Å²) in [5.41, 5.74) is 5.50. The van der Waals surface area contributed by atoms with Gasteiger partial charge in [0, 0.05) is 23.8 Å². The van der Waals surface area contributed by atoms with Crippen LogP contribution in [0.15, 0.2) is 34.3 Å². The van der Waals surface area contributed by atoms with Crippen LogP contribution < -0.4 is 5.73 Å². The minimum atomic E-state index is -1.34. The van der Waals surface area contributed by atoms with E-state index in [2.05, 4.69) is 5.10 Å². The Balaban J connectivity index is 2.35. The molecule has 94 valence electrons. The molecule has 0 saturated carbocycles. The van der Waals surface area contributed by atoms with Gasteiger partial charge in [0.15, 0.2) is 0 Å². The van der Waals surface area contributed by atoms with Crippen molar-refractivity contribution in [2.24, 2.45) is 7.05 Å². The number of anilines is 1. The summed E-state index contributed by atoms with van der Waals surface area (Å²) in [4.78, 5) is 12.0. The number of aromatic carboxylic acids is 1. The number of hydrogen-bond donors (Lipinski definition) is 2. The Morgan fingerprint density at radius 2 is 2.28 bits per heavy atom. The lowest BCUT2D eigenvalue weighted by Crippen LogP contribution is -2.03. The van der Waals surface area contributed by atoms with Crippen molar-refractivity contribution >= 4 is 23.4 Å². The summed E-state index contributed by atoms with van der Waals surface area (Å²) >= 11 is 1.23. The van der Waals surface area contributed by atoms with Crippen molar-refractivity contribution in [3.63, 3.8) is 0 Å². The van der Waals surface area contributed by atoms with Gasteiger partial charge in [0.2, 0.25) is 0 Å². The molecule has 7 heteroatoms. The topological polar surface area (TPSA) is 81.1 Å². The molecule has 2 aromatic rings. The van der Waals surface area contributed by atoms with E-state index in [9.17, 15) is 9.18 Å². The standard InChI is InChI=1S/C11H10FN3O2S/c1-15-5-6(4-14-15)18-10-3-8(12)7(11(16)17)2-9(10)13/h2-5H,13H2,1H3,(H,16,17). The summed E-state index contributed by atoms with van der Waals surface area (Å²) in [5, 5.41) is 12.7. The van der Waals surface area contributed by atoms with Crippen LogP contribution in [-0.4, -0.2) is 20.9 Å². The first-order valence-electron chi connectivity index (χ1n) is 4.96. The molecule has 0 radical (unpaired) electrons. The molecule has 0 unspecified atom stereocenters. The van der Waals surface area contributed by atoms with Gasteiger partial charge in [-0.05, 0) is 12.1 Å².